The average Bonchev–Trinajstić information content (AvgIpc) is 2.69. The van der Waals surface area contributed by atoms with Crippen molar-refractivity contribution in [2.75, 3.05) is 18.1 Å². The van der Waals surface area contributed by atoms with Gasteiger partial charge in [0.2, 0.25) is 0 Å². The summed E-state index contributed by atoms with van der Waals surface area (Å²) in [6.07, 6.45) is 1.80. The number of carbonyl (C=O) groups is 2. The van der Waals surface area contributed by atoms with Crippen LogP contribution in [0.4, 0.5) is 10.5 Å². The second-order valence-electron chi connectivity index (χ2n) is 4.95. The van der Waals surface area contributed by atoms with Crippen molar-refractivity contribution in [1.29, 1.82) is 0 Å². The summed E-state index contributed by atoms with van der Waals surface area (Å²) in [7, 11) is 0. The molecule has 2 N–H and O–H groups in total. The molecular formula is C15H20N2O4. The molecule has 0 saturated carbocycles. The Balaban J connectivity index is 2.16. The molecule has 21 heavy (non-hydrogen) atoms. The minimum absolute atomic E-state index is 0.395. The number of hydrogen-bond donors (Lipinski definition) is 2. The highest BCUT2D eigenvalue weighted by molar-refractivity contribution is 5.95. The van der Waals surface area contributed by atoms with Gasteiger partial charge in [-0.25, -0.2) is 9.59 Å². The largest absolute Gasteiger partial charge is 0.491 e. The molecule has 1 aliphatic rings. The molecule has 6 nitrogen and oxygen atoms in total. The summed E-state index contributed by atoms with van der Waals surface area (Å²) in [5, 5.41) is 11.7. The van der Waals surface area contributed by atoms with Crippen LogP contribution in [0.1, 0.15) is 26.2 Å². The molecule has 1 aromatic carbocycles. The maximum atomic E-state index is 12.4. The van der Waals surface area contributed by atoms with E-state index in [1.807, 2.05) is 25.1 Å². The summed E-state index contributed by atoms with van der Waals surface area (Å²) in [5.41, 5.74) is 0.674. The van der Waals surface area contributed by atoms with Crippen molar-refractivity contribution in [3.05, 3.63) is 24.3 Å². The number of nitrogens with one attached hydrogen (secondary N) is 1. The zero-order chi connectivity index (χ0) is 15.2. The topological polar surface area (TPSA) is 78.9 Å². The van der Waals surface area contributed by atoms with Crippen LogP contribution in [0, 0.1) is 0 Å². The Hall–Kier alpha value is -2.24. The summed E-state index contributed by atoms with van der Waals surface area (Å²) >= 11 is 0. The molecule has 0 fully saturated rings. The predicted molar refractivity (Wildman–Crippen MR) is 78.8 cm³/mol. The number of carboxylic acid groups (broad SMARTS) is 1. The van der Waals surface area contributed by atoms with Crippen molar-refractivity contribution in [2.45, 2.75) is 32.2 Å². The van der Waals surface area contributed by atoms with E-state index in [4.69, 9.17) is 9.84 Å². The Kier molecular flexibility index (Phi) is 5.03. The summed E-state index contributed by atoms with van der Waals surface area (Å²) in [6, 6.07) is 6.02. The van der Waals surface area contributed by atoms with Crippen molar-refractivity contribution >= 4 is 17.7 Å². The Bertz CT molecular complexity index is 518. The number of anilines is 1. The van der Waals surface area contributed by atoms with E-state index in [1.54, 1.807) is 11.0 Å². The first-order valence-electron chi connectivity index (χ1n) is 7.16. The van der Waals surface area contributed by atoms with Gasteiger partial charge in [0, 0.05) is 6.54 Å². The molecule has 2 amide bonds. The first-order chi connectivity index (χ1) is 10.1. The summed E-state index contributed by atoms with van der Waals surface area (Å²) in [5.74, 6) is -0.364. The Morgan fingerprint density at radius 1 is 1.43 bits per heavy atom. The van der Waals surface area contributed by atoms with Crippen LogP contribution in [0.5, 0.6) is 5.75 Å². The lowest BCUT2D eigenvalue weighted by molar-refractivity contribution is -0.139. The van der Waals surface area contributed by atoms with Gasteiger partial charge in [0.05, 0.1) is 12.3 Å². The normalized spacial score (nSPS) is 15.4. The molecule has 0 saturated heterocycles. The molecule has 0 bridgehead atoms. The Morgan fingerprint density at radius 3 is 2.90 bits per heavy atom. The molecule has 0 aromatic heterocycles. The van der Waals surface area contributed by atoms with Crippen molar-refractivity contribution in [2.24, 2.45) is 0 Å². The third kappa shape index (κ3) is 3.65. The lowest BCUT2D eigenvalue weighted by Gasteiger charge is -2.24. The lowest BCUT2D eigenvalue weighted by Crippen LogP contribution is -2.48. The lowest BCUT2D eigenvalue weighted by atomic mass is 10.2. The molecule has 1 heterocycles. The van der Waals surface area contributed by atoms with Gasteiger partial charge in [0.25, 0.3) is 0 Å². The van der Waals surface area contributed by atoms with Gasteiger partial charge in [-0.15, -0.1) is 0 Å². The molecule has 114 valence electrons. The van der Waals surface area contributed by atoms with Gasteiger partial charge in [0.1, 0.15) is 11.8 Å². The number of nitrogens with zero attached hydrogens (tertiary/aromatic N) is 1. The van der Waals surface area contributed by atoms with Crippen LogP contribution >= 0.6 is 0 Å². The molecular weight excluding hydrogens is 272 g/mol. The third-order valence-corrected chi connectivity index (χ3v) is 3.36. The fourth-order valence-corrected chi connectivity index (χ4v) is 2.31. The smallest absolute Gasteiger partial charge is 0.326 e. The van der Waals surface area contributed by atoms with Crippen molar-refractivity contribution in [3.8, 4) is 5.75 Å². The summed E-state index contributed by atoms with van der Waals surface area (Å²) in [6.45, 7) is 2.93. The quantitative estimate of drug-likeness (QED) is 0.892. The molecule has 1 aliphatic heterocycles. The van der Waals surface area contributed by atoms with E-state index in [9.17, 15) is 9.59 Å². The van der Waals surface area contributed by atoms with E-state index < -0.39 is 18.0 Å². The number of carbonyl (C=O) groups excluding carboxylic acids is 1. The first kappa shape index (κ1) is 15.2. The number of aliphatic carboxylic acids is 1. The van der Waals surface area contributed by atoms with Gasteiger partial charge in [-0.05, 0) is 25.0 Å². The fourth-order valence-electron chi connectivity index (χ4n) is 2.31. The zero-order valence-corrected chi connectivity index (χ0v) is 12.0. The SMILES string of the molecule is CCC[C@@H](NC(=O)N1CCCOc2ccccc21)C(=O)O. The number of ether oxygens (including phenoxy) is 1. The van der Waals surface area contributed by atoms with Crippen LogP contribution in [-0.2, 0) is 4.79 Å². The Labute approximate surface area is 123 Å². The van der Waals surface area contributed by atoms with Crippen LogP contribution < -0.4 is 15.0 Å². The van der Waals surface area contributed by atoms with Crippen molar-refractivity contribution < 1.29 is 19.4 Å². The zero-order valence-electron chi connectivity index (χ0n) is 12.0. The molecule has 0 unspecified atom stereocenters. The van der Waals surface area contributed by atoms with Crippen LogP contribution in [0.2, 0.25) is 0 Å². The number of hydrogen-bond acceptors (Lipinski definition) is 3. The van der Waals surface area contributed by atoms with Gasteiger partial charge in [-0.2, -0.15) is 0 Å². The number of carboxylic acids is 1. The van der Waals surface area contributed by atoms with Gasteiger partial charge in [-0.3, -0.25) is 4.90 Å². The fraction of sp³-hybridized carbons (Fsp3) is 0.467. The van der Waals surface area contributed by atoms with Crippen LogP contribution in [0.25, 0.3) is 0 Å². The second-order valence-corrected chi connectivity index (χ2v) is 4.95. The number of fused-ring (bicyclic) bond motifs is 1. The number of amides is 2. The van der Waals surface area contributed by atoms with E-state index >= 15 is 0 Å². The van der Waals surface area contributed by atoms with E-state index in [0.29, 0.717) is 43.9 Å². The van der Waals surface area contributed by atoms with Gasteiger partial charge in [0.15, 0.2) is 0 Å². The summed E-state index contributed by atoms with van der Waals surface area (Å²) < 4.78 is 5.59. The minimum atomic E-state index is -1.01. The minimum Gasteiger partial charge on any atom is -0.491 e. The van der Waals surface area contributed by atoms with E-state index in [1.165, 1.54) is 0 Å². The maximum absolute atomic E-state index is 12.4. The molecule has 6 heteroatoms. The maximum Gasteiger partial charge on any atom is 0.326 e. The highest BCUT2D eigenvalue weighted by atomic mass is 16.5. The van der Waals surface area contributed by atoms with E-state index in [-0.39, 0.29) is 0 Å². The Morgan fingerprint density at radius 2 is 2.19 bits per heavy atom. The monoisotopic (exact) mass is 292 g/mol. The van der Waals surface area contributed by atoms with Crippen LogP contribution in [-0.4, -0.2) is 36.3 Å². The summed E-state index contributed by atoms with van der Waals surface area (Å²) in [4.78, 5) is 25.1. The van der Waals surface area contributed by atoms with Gasteiger partial charge < -0.3 is 15.2 Å². The predicted octanol–water partition coefficient (Wildman–Crippen LogP) is 2.24. The van der Waals surface area contributed by atoms with E-state index in [2.05, 4.69) is 5.32 Å². The number of rotatable bonds is 4. The number of benzene rings is 1. The van der Waals surface area contributed by atoms with Gasteiger partial charge >= 0.3 is 12.0 Å². The molecule has 2 rings (SSSR count). The number of urea groups is 1. The standard InChI is InChI=1S/C15H20N2O4/c1-2-6-11(14(18)19)16-15(20)17-9-5-10-21-13-8-4-3-7-12(13)17/h3-4,7-8,11H,2,5-6,9-10H2,1H3,(H,16,20)(H,18,19)/t11-/m1/s1. The molecule has 0 spiro atoms. The van der Waals surface area contributed by atoms with Crippen molar-refractivity contribution in [3.63, 3.8) is 0 Å². The third-order valence-electron chi connectivity index (χ3n) is 3.36. The number of para-hydroxylation sites is 2. The van der Waals surface area contributed by atoms with E-state index in [0.717, 1.165) is 0 Å². The second kappa shape index (κ2) is 6.97. The van der Waals surface area contributed by atoms with Crippen LogP contribution in [0.3, 0.4) is 0 Å². The van der Waals surface area contributed by atoms with Crippen LogP contribution in [0.15, 0.2) is 24.3 Å². The van der Waals surface area contributed by atoms with Crippen molar-refractivity contribution in [1.82, 2.24) is 5.32 Å². The molecule has 1 atom stereocenters. The van der Waals surface area contributed by atoms with Gasteiger partial charge in [-0.1, -0.05) is 25.5 Å². The first-order valence-corrected chi connectivity index (χ1v) is 7.16. The molecule has 0 radical (unpaired) electrons. The highest BCUT2D eigenvalue weighted by Crippen LogP contribution is 2.30. The average molecular weight is 292 g/mol. The highest BCUT2D eigenvalue weighted by Gasteiger charge is 2.26. The molecule has 1 aromatic rings. The molecule has 0 aliphatic carbocycles.